The Labute approximate surface area is 311 Å². The second-order valence-electron chi connectivity index (χ2n) is 14.5. The maximum atomic E-state index is 5.73. The molecule has 264 valence electrons. The Morgan fingerprint density at radius 1 is 0.808 bits per heavy atom. The van der Waals surface area contributed by atoms with E-state index in [9.17, 15) is 0 Å². The van der Waals surface area contributed by atoms with Crippen LogP contribution in [-0.4, -0.2) is 13.3 Å². The SMILES string of the molecule is C=CC1=C(N=CC)c2cc(-c3cocc3-c3ccc(C)c(-c4ccccc4C)c3)ccc2C1.C=CC1=C(NC)c2cc([C@H](C)CC)ccc2C1(C)C. The maximum Gasteiger partial charge on any atom is 0.0987 e. The van der Waals surface area contributed by atoms with Gasteiger partial charge >= 0.3 is 0 Å². The first-order valence-electron chi connectivity index (χ1n) is 18.5. The number of rotatable bonds is 9. The quantitative estimate of drug-likeness (QED) is 0.157. The van der Waals surface area contributed by atoms with E-state index < -0.39 is 0 Å². The normalized spacial score (nSPS) is 14.9. The fraction of sp³-hybridized carbons (Fsp3) is 0.245. The molecule has 0 fully saturated rings. The number of allylic oxidation sites excluding steroid dienone is 4. The molecule has 0 bridgehead atoms. The van der Waals surface area contributed by atoms with Gasteiger partial charge in [-0.15, -0.1) is 0 Å². The fourth-order valence-corrected chi connectivity index (χ4v) is 7.81. The predicted octanol–water partition coefficient (Wildman–Crippen LogP) is 13.0. The minimum Gasteiger partial charge on any atom is -0.471 e. The summed E-state index contributed by atoms with van der Waals surface area (Å²) in [5, 5.41) is 3.37. The number of nitrogens with zero attached hydrogens (tertiary/aromatic N) is 1. The molecule has 1 N–H and O–H groups in total. The average Bonchev–Trinajstić information content (AvgIpc) is 3.84. The van der Waals surface area contributed by atoms with Crippen LogP contribution in [0.4, 0.5) is 0 Å². The van der Waals surface area contributed by atoms with Gasteiger partial charge in [-0.05, 0) is 113 Å². The predicted molar refractivity (Wildman–Crippen MR) is 224 cm³/mol. The standard InChI is InChI=1S/C31H27NO.C18H25N/c1-5-22-15-23-13-14-25(17-28(23)31(22)32-6-2)30-19-33-18-29(30)24-12-11-21(4)27(16-24)26-10-8-7-9-20(26)3;1-7-12(3)13-9-10-16-14(11-13)17(19-6)15(8-2)18(16,4)5/h5-14,16-19H,1,15H2,2-4H3;8-12,19H,2,7H2,1,3-6H3/t;12-/m.1/s1. The number of hydrogen-bond donors (Lipinski definition) is 1. The second kappa shape index (κ2) is 15.1. The van der Waals surface area contributed by atoms with Crippen molar-refractivity contribution in [3.63, 3.8) is 0 Å². The van der Waals surface area contributed by atoms with Crippen LogP contribution in [0.2, 0.25) is 0 Å². The van der Waals surface area contributed by atoms with Gasteiger partial charge in [-0.2, -0.15) is 0 Å². The first kappa shape index (κ1) is 36.4. The van der Waals surface area contributed by atoms with E-state index in [0.29, 0.717) is 5.92 Å². The average molecular weight is 685 g/mol. The van der Waals surface area contributed by atoms with Gasteiger partial charge in [0.15, 0.2) is 0 Å². The molecule has 1 aromatic heterocycles. The van der Waals surface area contributed by atoms with Gasteiger partial charge in [0.05, 0.1) is 18.2 Å². The largest absolute Gasteiger partial charge is 0.471 e. The zero-order valence-electron chi connectivity index (χ0n) is 32.2. The summed E-state index contributed by atoms with van der Waals surface area (Å²) in [5.41, 5.74) is 20.9. The smallest absolute Gasteiger partial charge is 0.0987 e. The highest BCUT2D eigenvalue weighted by Crippen LogP contribution is 2.46. The highest BCUT2D eigenvalue weighted by molar-refractivity contribution is 5.89. The van der Waals surface area contributed by atoms with Crippen molar-refractivity contribution in [2.45, 2.75) is 72.6 Å². The molecule has 1 atom stereocenters. The van der Waals surface area contributed by atoms with Crippen molar-refractivity contribution >= 4 is 17.6 Å². The van der Waals surface area contributed by atoms with E-state index in [-0.39, 0.29) is 5.41 Å². The molecule has 0 amide bonds. The minimum absolute atomic E-state index is 0.0450. The summed E-state index contributed by atoms with van der Waals surface area (Å²) in [6.07, 6.45) is 11.5. The summed E-state index contributed by atoms with van der Waals surface area (Å²) in [6.45, 7) is 23.3. The van der Waals surface area contributed by atoms with Gasteiger partial charge in [0.25, 0.3) is 0 Å². The molecule has 3 nitrogen and oxygen atoms in total. The van der Waals surface area contributed by atoms with Crippen LogP contribution in [0.1, 0.15) is 85.9 Å². The van der Waals surface area contributed by atoms with Crippen molar-refractivity contribution in [1.29, 1.82) is 0 Å². The van der Waals surface area contributed by atoms with Gasteiger partial charge in [0, 0.05) is 53.0 Å². The van der Waals surface area contributed by atoms with Crippen molar-refractivity contribution in [3.05, 3.63) is 167 Å². The lowest BCUT2D eigenvalue weighted by Gasteiger charge is -2.22. The number of hydrogen-bond acceptors (Lipinski definition) is 3. The van der Waals surface area contributed by atoms with E-state index in [1.807, 2.05) is 44.9 Å². The molecule has 2 aliphatic carbocycles. The molecule has 5 aromatic rings. The van der Waals surface area contributed by atoms with Crippen LogP contribution in [0.5, 0.6) is 0 Å². The lowest BCUT2D eigenvalue weighted by atomic mass is 9.80. The van der Waals surface area contributed by atoms with Crippen molar-refractivity contribution < 1.29 is 4.42 Å². The van der Waals surface area contributed by atoms with Crippen LogP contribution >= 0.6 is 0 Å². The molecule has 0 spiro atoms. The van der Waals surface area contributed by atoms with E-state index in [0.717, 1.165) is 34.4 Å². The number of benzene rings is 4. The maximum absolute atomic E-state index is 5.73. The van der Waals surface area contributed by atoms with Crippen molar-refractivity contribution in [1.82, 2.24) is 5.32 Å². The first-order chi connectivity index (χ1) is 25.1. The van der Waals surface area contributed by atoms with Gasteiger partial charge in [-0.1, -0.05) is 114 Å². The first-order valence-corrected chi connectivity index (χ1v) is 18.5. The summed E-state index contributed by atoms with van der Waals surface area (Å²) < 4.78 is 5.73. The van der Waals surface area contributed by atoms with Crippen LogP contribution in [0.25, 0.3) is 44.8 Å². The Hall–Kier alpha value is -5.41. The molecule has 4 aromatic carbocycles. The summed E-state index contributed by atoms with van der Waals surface area (Å²) in [6, 6.07) is 28.8. The van der Waals surface area contributed by atoms with Crippen LogP contribution < -0.4 is 5.32 Å². The third kappa shape index (κ3) is 6.57. The molecule has 0 radical (unpaired) electrons. The Morgan fingerprint density at radius 2 is 1.48 bits per heavy atom. The Kier molecular flexibility index (Phi) is 10.5. The van der Waals surface area contributed by atoms with Crippen LogP contribution in [0.3, 0.4) is 0 Å². The van der Waals surface area contributed by atoms with Crippen molar-refractivity contribution in [3.8, 4) is 33.4 Å². The van der Waals surface area contributed by atoms with Gasteiger partial charge in [0.2, 0.25) is 0 Å². The van der Waals surface area contributed by atoms with E-state index in [1.165, 1.54) is 73.3 Å². The van der Waals surface area contributed by atoms with E-state index in [4.69, 9.17) is 4.42 Å². The third-order valence-corrected chi connectivity index (χ3v) is 11.1. The summed E-state index contributed by atoms with van der Waals surface area (Å²) in [5.74, 6) is 0.610. The fourth-order valence-electron chi connectivity index (χ4n) is 7.81. The Bertz CT molecular complexity index is 2250. The number of aliphatic imine (C=N–C) groups is 1. The highest BCUT2D eigenvalue weighted by Gasteiger charge is 2.36. The zero-order chi connectivity index (χ0) is 37.2. The summed E-state index contributed by atoms with van der Waals surface area (Å²) >= 11 is 0. The molecule has 0 saturated carbocycles. The highest BCUT2D eigenvalue weighted by atomic mass is 16.3. The van der Waals surface area contributed by atoms with Crippen LogP contribution in [0.15, 0.2) is 137 Å². The molecule has 0 aliphatic heterocycles. The van der Waals surface area contributed by atoms with Gasteiger partial charge in [-0.3, -0.25) is 4.99 Å². The molecular weight excluding hydrogens is 633 g/mol. The molecule has 0 unspecified atom stereocenters. The molecule has 2 aliphatic rings. The van der Waals surface area contributed by atoms with Crippen LogP contribution in [0, 0.1) is 13.8 Å². The second-order valence-corrected chi connectivity index (χ2v) is 14.5. The van der Waals surface area contributed by atoms with Gasteiger partial charge in [0.1, 0.15) is 0 Å². The summed E-state index contributed by atoms with van der Waals surface area (Å²) in [4.78, 5) is 4.64. The van der Waals surface area contributed by atoms with E-state index in [2.05, 4.69) is 144 Å². The van der Waals surface area contributed by atoms with Crippen LogP contribution in [-0.2, 0) is 11.8 Å². The third-order valence-electron chi connectivity index (χ3n) is 11.1. The zero-order valence-corrected chi connectivity index (χ0v) is 32.2. The lowest BCUT2D eigenvalue weighted by molar-refractivity contribution is 0.569. The number of fused-ring (bicyclic) bond motifs is 2. The number of aryl methyl sites for hydroxylation is 2. The molecule has 7 rings (SSSR count). The summed E-state index contributed by atoms with van der Waals surface area (Å²) in [7, 11) is 2.00. The van der Waals surface area contributed by atoms with Gasteiger partial charge in [-0.25, -0.2) is 0 Å². The minimum atomic E-state index is 0.0450. The van der Waals surface area contributed by atoms with Gasteiger partial charge < -0.3 is 9.73 Å². The Balaban J connectivity index is 0.000000208. The monoisotopic (exact) mass is 684 g/mol. The number of furan rings is 1. The molecular formula is C49H52N2O. The topological polar surface area (TPSA) is 37.5 Å². The van der Waals surface area contributed by atoms with E-state index in [1.54, 1.807) is 0 Å². The van der Waals surface area contributed by atoms with Crippen molar-refractivity contribution in [2.24, 2.45) is 4.99 Å². The molecule has 1 heterocycles. The lowest BCUT2D eigenvalue weighted by Crippen LogP contribution is -2.16. The number of nitrogens with one attached hydrogen (secondary N) is 1. The Morgan fingerprint density at radius 3 is 2.12 bits per heavy atom. The van der Waals surface area contributed by atoms with Crippen molar-refractivity contribution in [2.75, 3.05) is 7.05 Å². The molecule has 0 saturated heterocycles. The molecule has 52 heavy (non-hydrogen) atoms. The van der Waals surface area contributed by atoms with E-state index >= 15 is 0 Å². The molecule has 3 heteroatoms.